The second kappa shape index (κ2) is 7.67. The molecule has 4 heterocycles. The smallest absolute Gasteiger partial charge is 0.337 e. The Hall–Kier alpha value is -3.87. The Morgan fingerprint density at radius 2 is 2.00 bits per heavy atom. The Morgan fingerprint density at radius 3 is 2.78 bits per heavy atom. The van der Waals surface area contributed by atoms with Crippen LogP contribution in [-0.4, -0.2) is 34.7 Å². The molecule has 9 nitrogen and oxygen atoms in total. The Labute approximate surface area is 180 Å². The van der Waals surface area contributed by atoms with Crippen LogP contribution in [0, 0.1) is 0 Å². The van der Waals surface area contributed by atoms with Crippen LogP contribution in [-0.2, 0) is 19.3 Å². The minimum Gasteiger partial charge on any atom is -0.337 e. The van der Waals surface area contributed by atoms with Crippen LogP contribution in [0.1, 0.15) is 17.0 Å². The molecule has 5 aromatic rings. The van der Waals surface area contributed by atoms with E-state index in [-0.39, 0.29) is 30.1 Å². The van der Waals surface area contributed by atoms with Gasteiger partial charge in [-0.15, -0.1) is 16.4 Å². The van der Waals surface area contributed by atoms with Crippen LogP contribution in [0.2, 0.25) is 0 Å². The maximum atomic E-state index is 12.9. The third-order valence-corrected chi connectivity index (χ3v) is 5.46. The lowest BCUT2D eigenvalue weighted by Crippen LogP contribution is -2.21. The van der Waals surface area contributed by atoms with E-state index in [4.69, 9.17) is 4.52 Å². The summed E-state index contributed by atoms with van der Waals surface area (Å²) in [7, 11) is 0. The first-order chi connectivity index (χ1) is 15.4. The van der Waals surface area contributed by atoms with Crippen LogP contribution in [0.15, 0.2) is 57.4 Å². The van der Waals surface area contributed by atoms with E-state index in [2.05, 4.69) is 25.4 Å². The fourth-order valence-corrected chi connectivity index (χ4v) is 3.75. The van der Waals surface area contributed by atoms with Gasteiger partial charge in [0.2, 0.25) is 11.7 Å². The first-order valence-electron chi connectivity index (χ1n) is 9.20. The third-order valence-electron chi connectivity index (χ3n) is 4.59. The molecule has 0 atom stereocenters. The first kappa shape index (κ1) is 20.1. The molecule has 13 heteroatoms. The molecule has 1 aromatic carbocycles. The number of thiophene rings is 1. The summed E-state index contributed by atoms with van der Waals surface area (Å²) in [6, 6.07) is 8.57. The third kappa shape index (κ3) is 3.77. The van der Waals surface area contributed by atoms with E-state index in [1.807, 2.05) is 17.5 Å². The summed E-state index contributed by atoms with van der Waals surface area (Å²) >= 11 is 1.46. The molecule has 162 valence electrons. The van der Waals surface area contributed by atoms with Crippen LogP contribution >= 0.6 is 11.3 Å². The monoisotopic (exact) mass is 459 g/mol. The number of nitrogens with zero attached hydrogens (tertiary/aromatic N) is 7. The highest BCUT2D eigenvalue weighted by molar-refractivity contribution is 7.13. The van der Waals surface area contributed by atoms with Crippen molar-refractivity contribution in [2.45, 2.75) is 19.3 Å². The van der Waals surface area contributed by atoms with Gasteiger partial charge in [0.25, 0.3) is 5.56 Å². The molecule has 0 radical (unpaired) electrons. The van der Waals surface area contributed by atoms with Crippen LogP contribution in [0.25, 0.3) is 21.9 Å². The molecular weight excluding hydrogens is 447 g/mol. The van der Waals surface area contributed by atoms with Crippen molar-refractivity contribution in [3.8, 4) is 10.7 Å². The van der Waals surface area contributed by atoms with Gasteiger partial charge in [-0.25, -0.2) is 9.67 Å². The number of alkyl halides is 3. The molecule has 0 aliphatic rings. The maximum Gasteiger partial charge on any atom is 0.416 e. The number of halogens is 3. The minimum absolute atomic E-state index is 0.0133. The summed E-state index contributed by atoms with van der Waals surface area (Å²) in [5, 5.41) is 13.5. The fourth-order valence-electron chi connectivity index (χ4n) is 3.10. The van der Waals surface area contributed by atoms with Gasteiger partial charge < -0.3 is 4.52 Å². The molecule has 5 rings (SSSR count). The number of aromatic nitrogens is 7. The highest BCUT2D eigenvalue weighted by Crippen LogP contribution is 2.29. The maximum absolute atomic E-state index is 12.9. The highest BCUT2D eigenvalue weighted by atomic mass is 32.1. The van der Waals surface area contributed by atoms with Crippen molar-refractivity contribution >= 4 is 22.5 Å². The van der Waals surface area contributed by atoms with Gasteiger partial charge in [0.1, 0.15) is 12.9 Å². The van der Waals surface area contributed by atoms with E-state index < -0.39 is 17.3 Å². The molecule has 0 fully saturated rings. The van der Waals surface area contributed by atoms with Crippen molar-refractivity contribution in [3.05, 3.63) is 75.5 Å². The van der Waals surface area contributed by atoms with E-state index in [0.29, 0.717) is 11.4 Å². The molecule has 32 heavy (non-hydrogen) atoms. The van der Waals surface area contributed by atoms with Crippen molar-refractivity contribution in [1.29, 1.82) is 0 Å². The highest BCUT2D eigenvalue weighted by Gasteiger charge is 2.30. The molecular formula is C19H12F3N7O2S. The largest absolute Gasteiger partial charge is 0.416 e. The van der Waals surface area contributed by atoms with Crippen LogP contribution in [0.4, 0.5) is 13.2 Å². The second-order valence-electron chi connectivity index (χ2n) is 6.78. The lowest BCUT2D eigenvalue weighted by Gasteiger charge is -2.08. The molecule has 0 saturated carbocycles. The topological polar surface area (TPSA) is 105 Å². The summed E-state index contributed by atoms with van der Waals surface area (Å²) in [5.41, 5.74) is -0.757. The normalized spacial score (nSPS) is 12.0. The van der Waals surface area contributed by atoms with Crippen molar-refractivity contribution in [1.82, 2.24) is 34.7 Å². The molecule has 0 aliphatic carbocycles. The van der Waals surface area contributed by atoms with E-state index in [0.717, 1.165) is 17.0 Å². The van der Waals surface area contributed by atoms with Gasteiger partial charge >= 0.3 is 6.18 Å². The molecule has 0 N–H and O–H groups in total. The zero-order valence-electron chi connectivity index (χ0n) is 16.0. The van der Waals surface area contributed by atoms with Crippen molar-refractivity contribution in [2.75, 3.05) is 0 Å². The van der Waals surface area contributed by atoms with Gasteiger partial charge in [0.05, 0.1) is 17.0 Å². The summed E-state index contributed by atoms with van der Waals surface area (Å²) in [6.45, 7) is -0.0364. The van der Waals surface area contributed by atoms with E-state index in [1.165, 1.54) is 39.0 Å². The quantitative estimate of drug-likeness (QED) is 0.397. The summed E-state index contributed by atoms with van der Waals surface area (Å²) in [5.74, 6) is 0.636. The van der Waals surface area contributed by atoms with Crippen molar-refractivity contribution in [3.63, 3.8) is 0 Å². The summed E-state index contributed by atoms with van der Waals surface area (Å²) in [4.78, 5) is 22.1. The summed E-state index contributed by atoms with van der Waals surface area (Å²) in [6.07, 6.45) is -3.17. The zero-order chi connectivity index (χ0) is 22.3. The summed E-state index contributed by atoms with van der Waals surface area (Å²) < 4.78 is 46.6. The Balaban J connectivity index is 1.41. The molecule has 4 aromatic heterocycles. The van der Waals surface area contributed by atoms with Crippen molar-refractivity contribution < 1.29 is 17.7 Å². The van der Waals surface area contributed by atoms with Crippen LogP contribution < -0.4 is 5.56 Å². The predicted octanol–water partition coefficient (Wildman–Crippen LogP) is 3.21. The number of hydrogen-bond donors (Lipinski definition) is 0. The van der Waals surface area contributed by atoms with Crippen molar-refractivity contribution in [2.24, 2.45) is 0 Å². The van der Waals surface area contributed by atoms with E-state index in [9.17, 15) is 18.0 Å². The lowest BCUT2D eigenvalue weighted by molar-refractivity contribution is -0.137. The Bertz CT molecular complexity index is 1450. The average molecular weight is 459 g/mol. The minimum atomic E-state index is -4.45. The first-order valence-corrected chi connectivity index (χ1v) is 10.1. The molecule has 0 amide bonds. The molecule has 0 spiro atoms. The molecule has 0 aliphatic heterocycles. The van der Waals surface area contributed by atoms with Gasteiger partial charge in [-0.05, 0) is 29.1 Å². The SMILES string of the molecule is O=c1c2nnn(Cc3cccc(C(F)(F)F)c3)c2ncn1Cc1nc(-c2cccs2)no1. The molecule has 0 saturated heterocycles. The average Bonchev–Trinajstić information content (AvgIpc) is 3.51. The van der Waals surface area contributed by atoms with E-state index in [1.54, 1.807) is 0 Å². The number of hydrogen-bond acceptors (Lipinski definition) is 8. The zero-order valence-corrected chi connectivity index (χ0v) is 16.8. The van der Waals surface area contributed by atoms with E-state index >= 15 is 0 Å². The number of benzene rings is 1. The van der Waals surface area contributed by atoms with Gasteiger partial charge in [0, 0.05) is 0 Å². The van der Waals surface area contributed by atoms with Crippen LogP contribution in [0.5, 0.6) is 0 Å². The van der Waals surface area contributed by atoms with Gasteiger partial charge in [0.15, 0.2) is 11.2 Å². The molecule has 0 bridgehead atoms. The Kier molecular flexibility index (Phi) is 4.81. The fraction of sp³-hybridized carbons (Fsp3) is 0.158. The standard InChI is InChI=1S/C19H12F3N7O2S/c20-19(21,22)12-4-1-3-11(7-12)8-29-17-15(25-27-29)18(30)28(10-23-17)9-14-24-16(26-31-14)13-5-2-6-32-13/h1-7,10H,8-9H2. The Morgan fingerprint density at radius 1 is 1.12 bits per heavy atom. The van der Waals surface area contributed by atoms with Gasteiger partial charge in [-0.2, -0.15) is 18.2 Å². The lowest BCUT2D eigenvalue weighted by atomic mass is 10.1. The van der Waals surface area contributed by atoms with Crippen LogP contribution in [0.3, 0.4) is 0 Å². The van der Waals surface area contributed by atoms with Gasteiger partial charge in [-0.1, -0.05) is 28.6 Å². The predicted molar refractivity (Wildman–Crippen MR) is 107 cm³/mol. The number of fused-ring (bicyclic) bond motifs is 1. The van der Waals surface area contributed by atoms with Gasteiger partial charge in [-0.3, -0.25) is 9.36 Å². The molecule has 0 unspecified atom stereocenters. The number of rotatable bonds is 5. The second-order valence-corrected chi connectivity index (χ2v) is 7.73.